The molecule has 6 nitrogen and oxygen atoms in total. The number of benzene rings is 1. The Labute approximate surface area is 164 Å². The van der Waals surface area contributed by atoms with Crippen LogP contribution >= 0.6 is 0 Å². The summed E-state index contributed by atoms with van der Waals surface area (Å²) in [5.74, 6) is -6.13. The normalized spacial score (nSPS) is 12.2. The van der Waals surface area contributed by atoms with Crippen molar-refractivity contribution in [3.05, 3.63) is 35.2 Å². The van der Waals surface area contributed by atoms with Gasteiger partial charge in [-0.1, -0.05) is 5.16 Å². The first-order chi connectivity index (χ1) is 13.8. The van der Waals surface area contributed by atoms with Crippen molar-refractivity contribution in [2.24, 2.45) is 0 Å². The van der Waals surface area contributed by atoms with Gasteiger partial charge in [0.25, 0.3) is 5.91 Å². The van der Waals surface area contributed by atoms with Crippen LogP contribution in [0.5, 0.6) is 11.5 Å². The van der Waals surface area contributed by atoms with E-state index in [1.807, 2.05) is 0 Å². The maximum atomic E-state index is 13.1. The molecule has 30 heavy (non-hydrogen) atoms. The fourth-order valence-corrected chi connectivity index (χ4v) is 2.22. The molecule has 0 fully saturated rings. The van der Waals surface area contributed by atoms with Gasteiger partial charge in [-0.15, -0.1) is 0 Å². The Morgan fingerprint density at radius 2 is 1.63 bits per heavy atom. The average Bonchev–Trinajstić information content (AvgIpc) is 2.96. The Morgan fingerprint density at radius 3 is 2.10 bits per heavy atom. The van der Waals surface area contributed by atoms with E-state index >= 15 is 0 Å². The topological polar surface area (TPSA) is 73.6 Å². The van der Waals surface area contributed by atoms with Crippen molar-refractivity contribution in [2.75, 3.05) is 18.5 Å². The monoisotopic (exact) mass is 444 g/mol. The Hall–Kier alpha value is -2.99. The molecule has 0 aliphatic heterocycles. The molecule has 0 unspecified atom stereocenters. The number of alkyl halides is 7. The lowest BCUT2D eigenvalue weighted by atomic mass is 10.2. The van der Waals surface area contributed by atoms with Gasteiger partial charge < -0.3 is 19.3 Å². The number of amides is 1. The van der Waals surface area contributed by atoms with Gasteiger partial charge >= 0.3 is 18.5 Å². The molecule has 2 aromatic rings. The molecule has 1 aromatic heterocycles. The molecule has 0 spiro atoms. The number of hydrogen-bond donors (Lipinski definition) is 1. The van der Waals surface area contributed by atoms with Gasteiger partial charge in [0.1, 0.15) is 22.8 Å². The first kappa shape index (κ1) is 23.3. The van der Waals surface area contributed by atoms with E-state index in [1.54, 1.807) is 0 Å². The summed E-state index contributed by atoms with van der Waals surface area (Å²) in [4.78, 5) is 12.4. The maximum absolute atomic E-state index is 13.1. The third-order valence-electron chi connectivity index (χ3n) is 3.55. The number of carbonyl (C=O) groups excluding carboxylic acids is 1. The quantitative estimate of drug-likeness (QED) is 0.595. The number of hydrogen-bond acceptors (Lipinski definition) is 5. The molecule has 0 aliphatic carbocycles. The van der Waals surface area contributed by atoms with Crippen molar-refractivity contribution in [3.63, 3.8) is 0 Å². The first-order valence-corrected chi connectivity index (χ1v) is 8.16. The fourth-order valence-electron chi connectivity index (χ4n) is 2.22. The third-order valence-corrected chi connectivity index (χ3v) is 3.55. The highest BCUT2D eigenvalue weighted by Crippen LogP contribution is 2.31. The number of aromatic nitrogens is 1. The van der Waals surface area contributed by atoms with Gasteiger partial charge in [0.15, 0.2) is 13.2 Å². The summed E-state index contributed by atoms with van der Waals surface area (Å²) in [6, 6.07) is 2.72. The van der Waals surface area contributed by atoms with E-state index in [9.17, 15) is 35.5 Å². The van der Waals surface area contributed by atoms with Crippen LogP contribution in [0.3, 0.4) is 0 Å². The van der Waals surface area contributed by atoms with Crippen LogP contribution in [0.2, 0.25) is 0 Å². The predicted octanol–water partition coefficient (Wildman–Crippen LogP) is 4.76. The molecule has 0 bridgehead atoms. The van der Waals surface area contributed by atoms with Crippen LogP contribution in [0.4, 0.5) is 36.4 Å². The van der Waals surface area contributed by atoms with Crippen LogP contribution in [-0.2, 0) is 0 Å². The van der Waals surface area contributed by atoms with Crippen LogP contribution in [0.25, 0.3) is 0 Å². The standard InChI is InChI=1S/C17H15F7N2O4/c1-8-13(9(2)30-26-8)14(27)25-10-3-11(28-6-16(20,21)15(18)19)5-12(4-10)29-7-17(22,23)24/h3-5,15H,6-7H2,1-2H3,(H,25,27). The van der Waals surface area contributed by atoms with Gasteiger partial charge in [0, 0.05) is 23.9 Å². The van der Waals surface area contributed by atoms with E-state index in [0.29, 0.717) is 0 Å². The molecule has 0 atom stereocenters. The van der Waals surface area contributed by atoms with E-state index in [0.717, 1.165) is 18.2 Å². The largest absolute Gasteiger partial charge is 0.487 e. The highest BCUT2D eigenvalue weighted by molar-refractivity contribution is 6.05. The van der Waals surface area contributed by atoms with Crippen molar-refractivity contribution in [2.45, 2.75) is 32.4 Å². The number of anilines is 1. The van der Waals surface area contributed by atoms with E-state index in [-0.39, 0.29) is 22.7 Å². The highest BCUT2D eigenvalue weighted by Gasteiger charge is 2.41. The van der Waals surface area contributed by atoms with E-state index in [2.05, 4.69) is 19.9 Å². The van der Waals surface area contributed by atoms with Gasteiger partial charge in [0.2, 0.25) is 0 Å². The second kappa shape index (κ2) is 8.79. The maximum Gasteiger partial charge on any atom is 0.422 e. The van der Waals surface area contributed by atoms with Gasteiger partial charge in [-0.2, -0.15) is 22.0 Å². The molecule has 13 heteroatoms. The lowest BCUT2D eigenvalue weighted by Gasteiger charge is -2.17. The van der Waals surface area contributed by atoms with Gasteiger partial charge in [0.05, 0.1) is 5.69 Å². The summed E-state index contributed by atoms with van der Waals surface area (Å²) in [6.07, 6.45) is -8.72. The van der Waals surface area contributed by atoms with Crippen molar-refractivity contribution < 1.29 is 49.5 Å². The predicted molar refractivity (Wildman–Crippen MR) is 88.4 cm³/mol. The number of carbonyl (C=O) groups is 1. The molecule has 0 saturated heterocycles. The third kappa shape index (κ3) is 6.26. The Kier molecular flexibility index (Phi) is 6.83. The van der Waals surface area contributed by atoms with E-state index in [1.165, 1.54) is 13.8 Å². The van der Waals surface area contributed by atoms with Crippen molar-refractivity contribution >= 4 is 11.6 Å². The zero-order valence-corrected chi connectivity index (χ0v) is 15.4. The molecule has 1 amide bonds. The van der Waals surface area contributed by atoms with Crippen molar-refractivity contribution in [3.8, 4) is 11.5 Å². The molecular formula is C17H15F7N2O4. The van der Waals surface area contributed by atoms with Gasteiger partial charge in [-0.3, -0.25) is 4.79 Å². The minimum absolute atomic E-state index is 0.0447. The molecule has 0 radical (unpaired) electrons. The Morgan fingerprint density at radius 1 is 1.07 bits per heavy atom. The summed E-state index contributed by atoms with van der Waals surface area (Å²) >= 11 is 0. The molecule has 1 aromatic carbocycles. The van der Waals surface area contributed by atoms with Crippen molar-refractivity contribution in [1.29, 1.82) is 0 Å². The van der Waals surface area contributed by atoms with E-state index in [4.69, 9.17) is 4.52 Å². The molecular weight excluding hydrogens is 429 g/mol. The summed E-state index contributed by atoms with van der Waals surface area (Å²) in [5, 5.41) is 5.89. The summed E-state index contributed by atoms with van der Waals surface area (Å²) in [6.45, 7) is -0.556. The number of aryl methyl sites for hydroxylation is 2. The number of nitrogens with one attached hydrogen (secondary N) is 1. The molecule has 1 N–H and O–H groups in total. The van der Waals surface area contributed by atoms with Crippen LogP contribution in [-0.4, -0.2) is 42.8 Å². The summed E-state index contributed by atoms with van der Waals surface area (Å²) in [5.41, 5.74) is 0.0703. The zero-order valence-electron chi connectivity index (χ0n) is 15.4. The van der Waals surface area contributed by atoms with E-state index < -0.39 is 49.1 Å². The smallest absolute Gasteiger partial charge is 0.422 e. The average molecular weight is 444 g/mol. The molecule has 2 rings (SSSR count). The molecule has 0 aliphatic rings. The summed E-state index contributed by atoms with van der Waals surface area (Å²) < 4.78 is 102. The highest BCUT2D eigenvalue weighted by atomic mass is 19.4. The van der Waals surface area contributed by atoms with Gasteiger partial charge in [-0.05, 0) is 13.8 Å². The molecule has 166 valence electrons. The van der Waals surface area contributed by atoms with Crippen molar-refractivity contribution in [1.82, 2.24) is 5.16 Å². The SMILES string of the molecule is Cc1noc(C)c1C(=O)Nc1cc(OCC(F)(F)F)cc(OCC(F)(F)C(F)F)c1. The minimum Gasteiger partial charge on any atom is -0.487 e. The van der Waals surface area contributed by atoms with Crippen LogP contribution < -0.4 is 14.8 Å². The Balaban J connectivity index is 2.27. The van der Waals surface area contributed by atoms with Crippen LogP contribution in [0, 0.1) is 13.8 Å². The number of nitrogens with zero attached hydrogens (tertiary/aromatic N) is 1. The fraction of sp³-hybridized carbons (Fsp3) is 0.412. The van der Waals surface area contributed by atoms with Crippen LogP contribution in [0.15, 0.2) is 22.7 Å². The van der Waals surface area contributed by atoms with Gasteiger partial charge in [-0.25, -0.2) is 8.78 Å². The molecule has 0 saturated carbocycles. The summed E-state index contributed by atoms with van der Waals surface area (Å²) in [7, 11) is 0. The Bertz CT molecular complexity index is 877. The first-order valence-electron chi connectivity index (χ1n) is 8.16. The second-order valence-corrected chi connectivity index (χ2v) is 6.10. The minimum atomic E-state index is -4.71. The number of halogens is 7. The molecule has 1 heterocycles. The zero-order chi connectivity index (χ0) is 22.7. The second-order valence-electron chi connectivity index (χ2n) is 6.10. The van der Waals surface area contributed by atoms with Crippen LogP contribution in [0.1, 0.15) is 21.8 Å². The number of rotatable bonds is 8. The lowest BCUT2D eigenvalue weighted by Crippen LogP contribution is -2.33. The lowest BCUT2D eigenvalue weighted by molar-refractivity contribution is -0.153. The number of ether oxygens (including phenoxy) is 2.